The SMILES string of the molecule is C=C([C@H](O)c1ccccc1)S(=O)c1ccc(C)cc1. The van der Waals surface area contributed by atoms with E-state index in [0.717, 1.165) is 5.56 Å². The smallest absolute Gasteiger partial charge is 0.112 e. The van der Waals surface area contributed by atoms with Gasteiger partial charge in [0.2, 0.25) is 0 Å². The van der Waals surface area contributed by atoms with Crippen LogP contribution in [0.3, 0.4) is 0 Å². The molecule has 0 spiro atoms. The predicted octanol–water partition coefficient (Wildman–Crippen LogP) is 3.35. The first-order valence-corrected chi connectivity index (χ1v) is 7.15. The second kappa shape index (κ2) is 5.95. The number of hydrogen-bond acceptors (Lipinski definition) is 2. The quantitative estimate of drug-likeness (QED) is 0.926. The summed E-state index contributed by atoms with van der Waals surface area (Å²) in [6, 6.07) is 16.5. The van der Waals surface area contributed by atoms with E-state index in [4.69, 9.17) is 0 Å². The maximum absolute atomic E-state index is 12.3. The molecule has 0 radical (unpaired) electrons. The lowest BCUT2D eigenvalue weighted by Gasteiger charge is -2.13. The lowest BCUT2D eigenvalue weighted by atomic mass is 10.1. The van der Waals surface area contributed by atoms with Gasteiger partial charge in [0.05, 0.1) is 10.8 Å². The summed E-state index contributed by atoms with van der Waals surface area (Å²) in [4.78, 5) is 0.959. The van der Waals surface area contributed by atoms with Crippen LogP contribution >= 0.6 is 0 Å². The third kappa shape index (κ3) is 3.19. The molecule has 1 unspecified atom stereocenters. The molecule has 0 amide bonds. The summed E-state index contributed by atoms with van der Waals surface area (Å²) in [5.74, 6) is 0. The van der Waals surface area contributed by atoms with Gasteiger partial charge < -0.3 is 5.11 Å². The van der Waals surface area contributed by atoms with E-state index in [1.165, 1.54) is 0 Å². The molecular weight excluding hydrogens is 256 g/mol. The Morgan fingerprint density at radius 1 is 1.11 bits per heavy atom. The average molecular weight is 272 g/mol. The Balaban J connectivity index is 2.20. The average Bonchev–Trinajstić information content (AvgIpc) is 2.46. The molecule has 2 nitrogen and oxygen atoms in total. The van der Waals surface area contributed by atoms with Crippen LogP contribution in [0.2, 0.25) is 0 Å². The van der Waals surface area contributed by atoms with Gasteiger partial charge in [-0.05, 0) is 24.6 Å². The van der Waals surface area contributed by atoms with Crippen LogP contribution in [0.15, 0.2) is 71.0 Å². The fourth-order valence-corrected chi connectivity index (χ4v) is 2.76. The number of benzene rings is 2. The molecule has 0 aliphatic heterocycles. The van der Waals surface area contributed by atoms with Crippen molar-refractivity contribution in [3.63, 3.8) is 0 Å². The van der Waals surface area contributed by atoms with Crippen LogP contribution < -0.4 is 0 Å². The van der Waals surface area contributed by atoms with E-state index in [1.807, 2.05) is 37.3 Å². The Hall–Kier alpha value is -1.71. The van der Waals surface area contributed by atoms with Crippen LogP contribution in [0.4, 0.5) is 0 Å². The minimum absolute atomic E-state index is 0.301. The molecular formula is C16H16O2S. The molecule has 98 valence electrons. The number of aliphatic hydroxyl groups is 1. The summed E-state index contributed by atoms with van der Waals surface area (Å²) in [6.07, 6.45) is -0.914. The molecule has 0 bridgehead atoms. The third-order valence-corrected chi connectivity index (χ3v) is 4.29. The van der Waals surface area contributed by atoms with Gasteiger partial charge in [0.1, 0.15) is 6.10 Å². The van der Waals surface area contributed by atoms with Gasteiger partial charge in [-0.2, -0.15) is 0 Å². The summed E-state index contributed by atoms with van der Waals surface area (Å²) in [7, 11) is -1.41. The minimum Gasteiger partial charge on any atom is -0.383 e. The van der Waals surface area contributed by atoms with Crippen LogP contribution in [0.25, 0.3) is 0 Å². The third-order valence-electron chi connectivity index (χ3n) is 2.89. The molecule has 19 heavy (non-hydrogen) atoms. The fraction of sp³-hybridized carbons (Fsp3) is 0.125. The molecule has 2 aromatic rings. The molecule has 0 saturated carbocycles. The van der Waals surface area contributed by atoms with Crippen molar-refractivity contribution < 1.29 is 9.32 Å². The standard InChI is InChI=1S/C16H16O2S/c1-12-8-10-15(11-9-12)19(18)13(2)16(17)14-6-4-3-5-7-14/h3-11,16-17H,2H2,1H3/t16-,19?/m0/s1. The van der Waals surface area contributed by atoms with Crippen molar-refractivity contribution in [2.75, 3.05) is 0 Å². The van der Waals surface area contributed by atoms with Gasteiger partial charge in [-0.3, -0.25) is 0 Å². The van der Waals surface area contributed by atoms with Crippen molar-refractivity contribution in [1.82, 2.24) is 0 Å². The largest absolute Gasteiger partial charge is 0.383 e. The van der Waals surface area contributed by atoms with Crippen LogP contribution in [0, 0.1) is 6.92 Å². The number of aliphatic hydroxyl groups excluding tert-OH is 1. The Labute approximate surface area is 115 Å². The topological polar surface area (TPSA) is 37.3 Å². The zero-order chi connectivity index (χ0) is 13.8. The minimum atomic E-state index is -1.41. The van der Waals surface area contributed by atoms with E-state index in [9.17, 15) is 9.32 Å². The summed E-state index contributed by atoms with van der Waals surface area (Å²) >= 11 is 0. The summed E-state index contributed by atoms with van der Waals surface area (Å²) < 4.78 is 12.3. The molecule has 0 saturated heterocycles. The Morgan fingerprint density at radius 2 is 1.68 bits per heavy atom. The van der Waals surface area contributed by atoms with Gasteiger partial charge in [0.25, 0.3) is 0 Å². The highest BCUT2D eigenvalue weighted by Gasteiger charge is 2.18. The molecule has 0 heterocycles. The van der Waals surface area contributed by atoms with Crippen LogP contribution in [-0.4, -0.2) is 9.32 Å². The molecule has 1 N–H and O–H groups in total. The van der Waals surface area contributed by atoms with E-state index in [-0.39, 0.29) is 0 Å². The maximum atomic E-state index is 12.3. The first-order valence-electron chi connectivity index (χ1n) is 6.00. The van der Waals surface area contributed by atoms with E-state index < -0.39 is 16.9 Å². The molecule has 0 aliphatic rings. The van der Waals surface area contributed by atoms with Crippen molar-refractivity contribution >= 4 is 10.8 Å². The van der Waals surface area contributed by atoms with Crippen molar-refractivity contribution in [1.29, 1.82) is 0 Å². The Morgan fingerprint density at radius 3 is 2.26 bits per heavy atom. The van der Waals surface area contributed by atoms with Gasteiger partial charge in [-0.1, -0.05) is 54.6 Å². The highest BCUT2D eigenvalue weighted by molar-refractivity contribution is 7.89. The fourth-order valence-electron chi connectivity index (χ4n) is 1.74. The van der Waals surface area contributed by atoms with Gasteiger partial charge in [-0.25, -0.2) is 4.21 Å². The highest BCUT2D eigenvalue weighted by Crippen LogP contribution is 2.26. The Bertz CT molecular complexity index is 588. The number of rotatable bonds is 4. The van der Waals surface area contributed by atoms with E-state index in [1.54, 1.807) is 24.3 Å². The van der Waals surface area contributed by atoms with Crippen LogP contribution in [0.5, 0.6) is 0 Å². The van der Waals surface area contributed by atoms with E-state index >= 15 is 0 Å². The zero-order valence-corrected chi connectivity index (χ0v) is 11.6. The van der Waals surface area contributed by atoms with Crippen molar-refractivity contribution in [3.8, 4) is 0 Å². The molecule has 0 aliphatic carbocycles. The zero-order valence-electron chi connectivity index (χ0n) is 10.7. The highest BCUT2D eigenvalue weighted by atomic mass is 32.2. The monoisotopic (exact) mass is 272 g/mol. The normalized spacial score (nSPS) is 13.8. The van der Waals surface area contributed by atoms with E-state index in [2.05, 4.69) is 6.58 Å². The lowest BCUT2D eigenvalue weighted by molar-refractivity contribution is 0.224. The van der Waals surface area contributed by atoms with Gasteiger partial charge >= 0.3 is 0 Å². The predicted molar refractivity (Wildman–Crippen MR) is 78.1 cm³/mol. The molecule has 2 aromatic carbocycles. The lowest BCUT2D eigenvalue weighted by Crippen LogP contribution is -2.06. The molecule has 3 heteroatoms. The van der Waals surface area contributed by atoms with Crippen molar-refractivity contribution in [2.24, 2.45) is 0 Å². The first kappa shape index (κ1) is 13.7. The van der Waals surface area contributed by atoms with Gasteiger partial charge in [0, 0.05) is 9.80 Å². The molecule has 0 fully saturated rings. The number of aryl methyl sites for hydroxylation is 1. The van der Waals surface area contributed by atoms with Crippen LogP contribution in [0.1, 0.15) is 17.2 Å². The van der Waals surface area contributed by atoms with Crippen LogP contribution in [-0.2, 0) is 10.8 Å². The van der Waals surface area contributed by atoms with E-state index in [0.29, 0.717) is 15.4 Å². The Kier molecular flexibility index (Phi) is 4.30. The summed E-state index contributed by atoms with van der Waals surface area (Å²) in [5, 5.41) is 10.2. The second-order valence-corrected chi connectivity index (χ2v) is 5.89. The maximum Gasteiger partial charge on any atom is 0.112 e. The van der Waals surface area contributed by atoms with Crippen molar-refractivity contribution in [3.05, 3.63) is 77.2 Å². The molecule has 2 rings (SSSR count). The first-order chi connectivity index (χ1) is 9.09. The van der Waals surface area contributed by atoms with Gasteiger partial charge in [-0.15, -0.1) is 0 Å². The van der Waals surface area contributed by atoms with Gasteiger partial charge in [0.15, 0.2) is 0 Å². The molecule has 2 atom stereocenters. The second-order valence-electron chi connectivity index (χ2n) is 4.36. The van der Waals surface area contributed by atoms with Crippen molar-refractivity contribution in [2.45, 2.75) is 17.9 Å². The summed E-state index contributed by atoms with van der Waals surface area (Å²) in [5.41, 5.74) is 1.81. The number of hydrogen-bond donors (Lipinski definition) is 1. The molecule has 0 aromatic heterocycles. The summed E-state index contributed by atoms with van der Waals surface area (Å²) in [6.45, 7) is 5.75.